The third kappa shape index (κ3) is 35.7. The molecule has 3 nitrogen and oxygen atoms in total. The summed E-state index contributed by atoms with van der Waals surface area (Å²) in [6.45, 7) is 12.0. The van der Waals surface area contributed by atoms with Crippen molar-refractivity contribution in [1.29, 1.82) is 0 Å². The first-order valence-corrected chi connectivity index (χ1v) is 21.2. The van der Waals surface area contributed by atoms with Crippen molar-refractivity contribution in [2.45, 2.75) is 214 Å². The smallest absolute Gasteiger partial charge is 0.306 e. The molecule has 0 spiro atoms. The fraction of sp³-hybridized carbons (Fsp3) is 0.800. The van der Waals surface area contributed by atoms with Crippen LogP contribution >= 0.6 is 0 Å². The lowest BCUT2D eigenvalue weighted by molar-refractivity contribution is -0.150. The normalized spacial score (nSPS) is 12.4. The highest BCUT2D eigenvalue weighted by molar-refractivity contribution is 5.69. The van der Waals surface area contributed by atoms with E-state index >= 15 is 0 Å². The number of ether oxygens (including phenoxy) is 1. The van der Waals surface area contributed by atoms with Crippen LogP contribution in [0.4, 0.5) is 0 Å². The third-order valence-corrected chi connectivity index (χ3v) is 9.50. The summed E-state index contributed by atoms with van der Waals surface area (Å²) in [6, 6.07) is 0. The van der Waals surface area contributed by atoms with Gasteiger partial charge in [-0.05, 0) is 116 Å². The molecule has 3 heteroatoms. The van der Waals surface area contributed by atoms with Crippen molar-refractivity contribution in [2.75, 3.05) is 19.6 Å². The predicted octanol–water partition coefficient (Wildman–Crippen LogP) is 14.4. The summed E-state index contributed by atoms with van der Waals surface area (Å²) in [5.41, 5.74) is 0. The minimum Gasteiger partial charge on any atom is -0.462 e. The minimum absolute atomic E-state index is 0.0206. The van der Waals surface area contributed by atoms with Crippen LogP contribution in [0.25, 0.3) is 0 Å². The number of rotatable bonds is 37. The van der Waals surface area contributed by atoms with Crippen LogP contribution in [0, 0.1) is 0 Å². The van der Waals surface area contributed by atoms with Gasteiger partial charge in [0.05, 0.1) is 0 Å². The minimum atomic E-state index is 0.0206. The highest BCUT2D eigenvalue weighted by Crippen LogP contribution is 2.18. The van der Waals surface area contributed by atoms with Crippen LogP contribution in [0.15, 0.2) is 48.6 Å². The lowest BCUT2D eigenvalue weighted by atomic mass is 10.0. The van der Waals surface area contributed by atoms with Crippen molar-refractivity contribution in [1.82, 2.24) is 4.90 Å². The number of allylic oxidation sites excluding steroid dienone is 8. The van der Waals surface area contributed by atoms with Gasteiger partial charge < -0.3 is 9.64 Å². The van der Waals surface area contributed by atoms with Crippen molar-refractivity contribution in [3.63, 3.8) is 0 Å². The third-order valence-electron chi connectivity index (χ3n) is 9.50. The first-order chi connectivity index (χ1) is 23.7. The number of hydrogen-bond donors (Lipinski definition) is 0. The molecule has 0 amide bonds. The topological polar surface area (TPSA) is 29.5 Å². The van der Waals surface area contributed by atoms with E-state index in [4.69, 9.17) is 4.74 Å². The summed E-state index contributed by atoms with van der Waals surface area (Å²) < 4.78 is 6.07. The highest BCUT2D eigenvalue weighted by Gasteiger charge is 2.14. The molecule has 0 atom stereocenters. The molecular weight excluding hydrogens is 587 g/mol. The van der Waals surface area contributed by atoms with Crippen molar-refractivity contribution in [2.24, 2.45) is 0 Å². The molecule has 0 N–H and O–H groups in total. The lowest BCUT2D eigenvalue weighted by Gasteiger charge is -2.20. The Morgan fingerprint density at radius 2 is 0.854 bits per heavy atom. The summed E-state index contributed by atoms with van der Waals surface area (Å²) in [5.74, 6) is 0.0206. The second kappa shape index (κ2) is 39.8. The second-order valence-electron chi connectivity index (χ2n) is 14.0. The average molecular weight is 670 g/mol. The molecule has 0 heterocycles. The van der Waals surface area contributed by atoms with Crippen molar-refractivity contribution in [3.8, 4) is 0 Å². The molecule has 0 aliphatic rings. The SMILES string of the molecule is CCCCC/C=C/C/C=C/CCCCCCCCC(CCCCCCCC/C=C/C/C=C/CCCCC)OC(=O)CCCN(CC)CC. The Kier molecular flexibility index (Phi) is 38.5. The fourth-order valence-electron chi connectivity index (χ4n) is 6.21. The molecule has 0 bridgehead atoms. The largest absolute Gasteiger partial charge is 0.462 e. The molecule has 0 saturated carbocycles. The molecule has 280 valence electrons. The molecule has 0 saturated heterocycles. The number of carbonyl (C=O) groups excluding carboxylic acids is 1. The number of unbranched alkanes of at least 4 members (excludes halogenated alkanes) is 18. The zero-order valence-corrected chi connectivity index (χ0v) is 32.9. The maximum absolute atomic E-state index is 12.7. The monoisotopic (exact) mass is 670 g/mol. The number of esters is 1. The van der Waals surface area contributed by atoms with E-state index < -0.39 is 0 Å². The summed E-state index contributed by atoms with van der Waals surface area (Å²) >= 11 is 0. The predicted molar refractivity (Wildman–Crippen MR) is 215 cm³/mol. The van der Waals surface area contributed by atoms with Gasteiger partial charge in [-0.1, -0.05) is 153 Å². The van der Waals surface area contributed by atoms with Gasteiger partial charge in [0.25, 0.3) is 0 Å². The Morgan fingerprint density at radius 1 is 0.479 bits per heavy atom. The molecule has 0 radical (unpaired) electrons. The Labute approximate surface area is 301 Å². The van der Waals surface area contributed by atoms with Gasteiger partial charge in [0.15, 0.2) is 0 Å². The van der Waals surface area contributed by atoms with Gasteiger partial charge >= 0.3 is 5.97 Å². The molecule has 0 aliphatic carbocycles. The Balaban J connectivity index is 4.13. The van der Waals surface area contributed by atoms with Crippen LogP contribution in [0.5, 0.6) is 0 Å². The molecule has 0 aromatic carbocycles. The number of hydrogen-bond acceptors (Lipinski definition) is 3. The maximum Gasteiger partial charge on any atom is 0.306 e. The summed E-state index contributed by atoms with van der Waals surface area (Å²) in [6.07, 6.45) is 52.8. The van der Waals surface area contributed by atoms with E-state index in [2.05, 4.69) is 81.2 Å². The van der Waals surface area contributed by atoms with Gasteiger partial charge in [0, 0.05) is 6.42 Å². The Bertz CT molecular complexity index is 715. The molecule has 48 heavy (non-hydrogen) atoms. The van der Waals surface area contributed by atoms with Gasteiger partial charge in [-0.3, -0.25) is 4.79 Å². The van der Waals surface area contributed by atoms with Gasteiger partial charge in [0.2, 0.25) is 0 Å². The number of nitrogens with zero attached hydrogens (tertiary/aromatic N) is 1. The van der Waals surface area contributed by atoms with E-state index in [-0.39, 0.29) is 12.1 Å². The van der Waals surface area contributed by atoms with Crippen LogP contribution in [0.1, 0.15) is 207 Å². The van der Waals surface area contributed by atoms with Crippen LogP contribution in [-0.2, 0) is 9.53 Å². The van der Waals surface area contributed by atoms with Crippen molar-refractivity contribution < 1.29 is 9.53 Å². The molecule has 0 aromatic heterocycles. The highest BCUT2D eigenvalue weighted by atomic mass is 16.5. The van der Waals surface area contributed by atoms with E-state index in [9.17, 15) is 4.79 Å². The van der Waals surface area contributed by atoms with Gasteiger partial charge in [-0.25, -0.2) is 0 Å². The molecule has 0 unspecified atom stereocenters. The average Bonchev–Trinajstić information content (AvgIpc) is 3.09. The van der Waals surface area contributed by atoms with E-state index in [1.165, 1.54) is 141 Å². The second-order valence-corrected chi connectivity index (χ2v) is 14.0. The summed E-state index contributed by atoms with van der Waals surface area (Å²) in [4.78, 5) is 15.1. The Hall–Kier alpha value is -1.61. The fourth-order valence-corrected chi connectivity index (χ4v) is 6.21. The van der Waals surface area contributed by atoms with Crippen molar-refractivity contribution >= 4 is 5.97 Å². The zero-order valence-electron chi connectivity index (χ0n) is 32.9. The van der Waals surface area contributed by atoms with Crippen molar-refractivity contribution in [3.05, 3.63) is 48.6 Å². The van der Waals surface area contributed by atoms with Crippen LogP contribution in [0.2, 0.25) is 0 Å². The van der Waals surface area contributed by atoms with Crippen LogP contribution < -0.4 is 0 Å². The Morgan fingerprint density at radius 3 is 1.25 bits per heavy atom. The first-order valence-electron chi connectivity index (χ1n) is 21.2. The molecule has 0 fully saturated rings. The van der Waals surface area contributed by atoms with Gasteiger partial charge in [-0.2, -0.15) is 0 Å². The van der Waals surface area contributed by atoms with Crippen LogP contribution in [-0.4, -0.2) is 36.6 Å². The van der Waals surface area contributed by atoms with Gasteiger partial charge in [0.1, 0.15) is 6.10 Å². The number of carbonyl (C=O) groups is 1. The van der Waals surface area contributed by atoms with E-state index in [1.807, 2.05) is 0 Å². The quantitative estimate of drug-likeness (QED) is 0.0374. The zero-order chi connectivity index (χ0) is 35.0. The van der Waals surface area contributed by atoms with Gasteiger partial charge in [-0.15, -0.1) is 0 Å². The lowest BCUT2D eigenvalue weighted by Crippen LogP contribution is -2.25. The molecular formula is C45H83NO2. The molecule has 0 aliphatic heterocycles. The van der Waals surface area contributed by atoms with Crippen LogP contribution in [0.3, 0.4) is 0 Å². The van der Waals surface area contributed by atoms with E-state index in [1.54, 1.807) is 0 Å². The molecule has 0 aromatic rings. The first kappa shape index (κ1) is 46.4. The van der Waals surface area contributed by atoms with E-state index in [0.29, 0.717) is 6.42 Å². The maximum atomic E-state index is 12.7. The molecule has 0 rings (SSSR count). The summed E-state index contributed by atoms with van der Waals surface area (Å²) in [7, 11) is 0. The van der Waals surface area contributed by atoms with E-state index in [0.717, 1.165) is 51.7 Å². The standard InChI is InChI=1S/C45H83NO2/c1-5-9-11-13-15-17-19-21-23-25-27-29-31-33-35-37-40-44(48-45(47)42-39-43-46(7-3)8-4)41-38-36-34-32-30-28-26-24-22-20-18-16-14-12-10-6-2/h15-18,21-24,44H,5-14,19-20,25-43H2,1-4H3/b17-15+,18-16+,23-21+,24-22+. The summed E-state index contributed by atoms with van der Waals surface area (Å²) in [5, 5.41) is 0.